The van der Waals surface area contributed by atoms with Crippen molar-refractivity contribution >= 4 is 53.9 Å². The van der Waals surface area contributed by atoms with Crippen LogP contribution in [0.1, 0.15) is 0 Å². The summed E-state index contributed by atoms with van der Waals surface area (Å²) < 4.78 is 0. The SMILES string of the molecule is c1ccc(-c2cc3ccccc3cc2-c2c3ccccc3c(-c3ccccc3)c3c4ccccc4c4ccccc4c23)cc1. The molecule has 204 valence electrons. The molecule has 0 N–H and O–H groups in total. The van der Waals surface area contributed by atoms with Crippen LogP contribution in [0.5, 0.6) is 0 Å². The standard InChI is InChI=1S/C44H28/c1-3-15-29(16-4-1)39-27-31-19-7-8-20-32(31)28-40(39)42-38-26-14-13-25-37(38)41(30-17-5-2-6-18-30)43-35-23-11-9-21-33(35)34-22-10-12-24-36(34)44(42)43/h1-28H. The molecule has 0 radical (unpaired) electrons. The van der Waals surface area contributed by atoms with E-state index >= 15 is 0 Å². The number of fused-ring (bicyclic) bond motifs is 8. The maximum absolute atomic E-state index is 2.42. The zero-order valence-electron chi connectivity index (χ0n) is 24.2. The van der Waals surface area contributed by atoms with Gasteiger partial charge in [0.15, 0.2) is 0 Å². The lowest BCUT2D eigenvalue weighted by Crippen LogP contribution is -1.95. The first-order valence-electron chi connectivity index (χ1n) is 15.3. The van der Waals surface area contributed by atoms with Gasteiger partial charge in [0.25, 0.3) is 0 Å². The zero-order chi connectivity index (χ0) is 29.0. The molecule has 0 amide bonds. The van der Waals surface area contributed by atoms with Crippen molar-refractivity contribution in [3.05, 3.63) is 170 Å². The molecule has 0 aromatic heterocycles. The van der Waals surface area contributed by atoms with E-state index in [0.717, 1.165) is 0 Å². The average molecular weight is 557 g/mol. The van der Waals surface area contributed by atoms with E-state index in [4.69, 9.17) is 0 Å². The molecule has 0 saturated carbocycles. The van der Waals surface area contributed by atoms with Crippen LogP contribution in [0.3, 0.4) is 0 Å². The highest BCUT2D eigenvalue weighted by Gasteiger charge is 2.23. The number of rotatable bonds is 3. The molecule has 9 aromatic rings. The summed E-state index contributed by atoms with van der Waals surface area (Å²) in [6.07, 6.45) is 0. The summed E-state index contributed by atoms with van der Waals surface area (Å²) in [6.45, 7) is 0. The van der Waals surface area contributed by atoms with Crippen molar-refractivity contribution in [2.45, 2.75) is 0 Å². The lowest BCUT2D eigenvalue weighted by Gasteiger charge is -2.23. The van der Waals surface area contributed by atoms with Crippen LogP contribution in [0.4, 0.5) is 0 Å². The van der Waals surface area contributed by atoms with E-state index in [9.17, 15) is 0 Å². The minimum absolute atomic E-state index is 1.22. The van der Waals surface area contributed by atoms with E-state index in [0.29, 0.717) is 0 Å². The zero-order valence-corrected chi connectivity index (χ0v) is 24.2. The normalized spacial score (nSPS) is 11.6. The van der Waals surface area contributed by atoms with Crippen molar-refractivity contribution in [2.75, 3.05) is 0 Å². The summed E-state index contributed by atoms with van der Waals surface area (Å²) in [7, 11) is 0. The summed E-state index contributed by atoms with van der Waals surface area (Å²) in [6, 6.07) is 62.3. The second kappa shape index (κ2) is 9.93. The van der Waals surface area contributed by atoms with Gasteiger partial charge in [0.1, 0.15) is 0 Å². The van der Waals surface area contributed by atoms with Gasteiger partial charge in [0.2, 0.25) is 0 Å². The molecule has 0 fully saturated rings. The molecule has 0 atom stereocenters. The second-order valence-electron chi connectivity index (χ2n) is 11.6. The van der Waals surface area contributed by atoms with Gasteiger partial charge in [-0.2, -0.15) is 0 Å². The third kappa shape index (κ3) is 3.71. The molecule has 0 bridgehead atoms. The van der Waals surface area contributed by atoms with Gasteiger partial charge in [-0.1, -0.05) is 158 Å². The van der Waals surface area contributed by atoms with Gasteiger partial charge in [-0.3, -0.25) is 0 Å². The van der Waals surface area contributed by atoms with E-state index in [1.807, 2.05) is 0 Å². The van der Waals surface area contributed by atoms with Crippen LogP contribution >= 0.6 is 0 Å². The monoisotopic (exact) mass is 556 g/mol. The largest absolute Gasteiger partial charge is 0.0622 e. The van der Waals surface area contributed by atoms with Crippen LogP contribution in [0, 0.1) is 0 Å². The minimum atomic E-state index is 1.22. The quantitative estimate of drug-likeness (QED) is 0.150. The van der Waals surface area contributed by atoms with Crippen molar-refractivity contribution in [3.63, 3.8) is 0 Å². The first-order chi connectivity index (χ1) is 21.9. The molecular weight excluding hydrogens is 528 g/mol. The molecule has 0 unspecified atom stereocenters. The Kier molecular flexibility index (Phi) is 5.61. The van der Waals surface area contributed by atoms with Crippen molar-refractivity contribution in [2.24, 2.45) is 0 Å². The van der Waals surface area contributed by atoms with Gasteiger partial charge in [-0.15, -0.1) is 0 Å². The molecular formula is C44H28. The Bertz CT molecular complexity index is 2520. The topological polar surface area (TPSA) is 0 Å². The fourth-order valence-corrected chi connectivity index (χ4v) is 7.34. The lowest BCUT2D eigenvalue weighted by molar-refractivity contribution is 1.63. The summed E-state index contributed by atoms with van der Waals surface area (Å²) in [5.41, 5.74) is 7.56. The van der Waals surface area contributed by atoms with Gasteiger partial charge >= 0.3 is 0 Å². The number of hydrogen-bond donors (Lipinski definition) is 0. The minimum Gasteiger partial charge on any atom is -0.0622 e. The molecule has 0 heteroatoms. The first kappa shape index (κ1) is 24.8. The smallest absolute Gasteiger partial charge is 0.000741 e. The number of hydrogen-bond acceptors (Lipinski definition) is 0. The number of benzene rings is 9. The molecule has 0 aliphatic rings. The van der Waals surface area contributed by atoms with Crippen LogP contribution in [-0.4, -0.2) is 0 Å². The molecule has 0 aliphatic heterocycles. The lowest BCUT2D eigenvalue weighted by atomic mass is 9.80. The molecule has 44 heavy (non-hydrogen) atoms. The maximum atomic E-state index is 2.42. The average Bonchev–Trinajstić information content (AvgIpc) is 3.11. The molecule has 9 aromatic carbocycles. The van der Waals surface area contributed by atoms with Crippen molar-refractivity contribution < 1.29 is 0 Å². The van der Waals surface area contributed by atoms with Gasteiger partial charge < -0.3 is 0 Å². The molecule has 0 saturated heterocycles. The summed E-state index contributed by atoms with van der Waals surface area (Å²) in [5, 5.41) is 12.8. The van der Waals surface area contributed by atoms with Crippen LogP contribution in [0.25, 0.3) is 87.2 Å². The van der Waals surface area contributed by atoms with Gasteiger partial charge in [0, 0.05) is 0 Å². The molecule has 0 heterocycles. The van der Waals surface area contributed by atoms with Crippen LogP contribution in [-0.2, 0) is 0 Å². The first-order valence-corrected chi connectivity index (χ1v) is 15.3. The van der Waals surface area contributed by atoms with E-state index in [2.05, 4.69) is 170 Å². The van der Waals surface area contributed by atoms with Crippen molar-refractivity contribution in [1.82, 2.24) is 0 Å². The summed E-state index contributed by atoms with van der Waals surface area (Å²) >= 11 is 0. The highest BCUT2D eigenvalue weighted by Crippen LogP contribution is 2.51. The Balaban J connectivity index is 1.61. The van der Waals surface area contributed by atoms with Gasteiger partial charge in [-0.05, 0) is 99.4 Å². The van der Waals surface area contributed by atoms with E-state index in [1.54, 1.807) is 0 Å². The van der Waals surface area contributed by atoms with E-state index in [-0.39, 0.29) is 0 Å². The predicted molar refractivity (Wildman–Crippen MR) is 190 cm³/mol. The molecule has 0 spiro atoms. The third-order valence-electron chi connectivity index (χ3n) is 9.20. The Labute approximate surface area is 256 Å². The Morgan fingerprint density at radius 2 is 0.636 bits per heavy atom. The highest BCUT2D eigenvalue weighted by molar-refractivity contribution is 6.37. The second-order valence-corrected chi connectivity index (χ2v) is 11.6. The van der Waals surface area contributed by atoms with Crippen molar-refractivity contribution in [1.29, 1.82) is 0 Å². The molecule has 0 aliphatic carbocycles. The molecule has 0 nitrogen and oxygen atoms in total. The van der Waals surface area contributed by atoms with Crippen LogP contribution < -0.4 is 0 Å². The Hall–Kier alpha value is -5.72. The summed E-state index contributed by atoms with van der Waals surface area (Å²) in [5.74, 6) is 0. The van der Waals surface area contributed by atoms with Gasteiger partial charge in [-0.25, -0.2) is 0 Å². The van der Waals surface area contributed by atoms with E-state index in [1.165, 1.54) is 87.2 Å². The summed E-state index contributed by atoms with van der Waals surface area (Å²) in [4.78, 5) is 0. The van der Waals surface area contributed by atoms with Gasteiger partial charge in [0.05, 0.1) is 0 Å². The maximum Gasteiger partial charge on any atom is -0.000741 e. The Morgan fingerprint density at radius 3 is 1.20 bits per heavy atom. The van der Waals surface area contributed by atoms with E-state index < -0.39 is 0 Å². The predicted octanol–water partition coefficient (Wildman–Crippen LogP) is 12.5. The van der Waals surface area contributed by atoms with Crippen LogP contribution in [0.15, 0.2) is 170 Å². The van der Waals surface area contributed by atoms with Crippen molar-refractivity contribution in [3.8, 4) is 33.4 Å². The Morgan fingerprint density at radius 1 is 0.250 bits per heavy atom. The third-order valence-corrected chi connectivity index (χ3v) is 9.20. The fourth-order valence-electron chi connectivity index (χ4n) is 7.34. The van der Waals surface area contributed by atoms with Crippen LogP contribution in [0.2, 0.25) is 0 Å². The highest BCUT2D eigenvalue weighted by atomic mass is 14.3. The molecule has 9 rings (SSSR count). The fraction of sp³-hybridized carbons (Fsp3) is 0.